The van der Waals surface area contributed by atoms with Gasteiger partial charge in [0.05, 0.1) is 16.0 Å². The van der Waals surface area contributed by atoms with E-state index in [1.807, 2.05) is 12.1 Å². The van der Waals surface area contributed by atoms with Crippen LogP contribution in [0.4, 0.5) is 5.69 Å². The van der Waals surface area contributed by atoms with Crippen molar-refractivity contribution in [2.24, 2.45) is 0 Å². The van der Waals surface area contributed by atoms with Crippen molar-refractivity contribution >= 4 is 27.5 Å². The van der Waals surface area contributed by atoms with Gasteiger partial charge in [0, 0.05) is 28.6 Å². The predicted octanol–water partition coefficient (Wildman–Crippen LogP) is 6.12. The number of nitro benzene ring substituents is 1. The number of hydrogen-bond donors (Lipinski definition) is 0. The lowest BCUT2D eigenvalue weighted by Crippen LogP contribution is -1.95. The third-order valence-electron chi connectivity index (χ3n) is 4.93. The lowest BCUT2D eigenvalue weighted by Gasteiger charge is -2.09. The Kier molecular flexibility index (Phi) is 3.76. The average Bonchev–Trinajstić information content (AvgIpc) is 2.94. The van der Waals surface area contributed by atoms with Crippen LogP contribution in [-0.4, -0.2) is 9.49 Å². The molecule has 4 aromatic rings. The molecule has 1 aromatic heterocycles. The van der Waals surface area contributed by atoms with Crippen LogP contribution in [0.15, 0.2) is 60.7 Å². The lowest BCUT2D eigenvalue weighted by atomic mass is 10.0. The third kappa shape index (κ3) is 2.54. The Morgan fingerprint density at radius 2 is 1.50 bits per heavy atom. The van der Waals surface area contributed by atoms with E-state index in [2.05, 4.69) is 61.7 Å². The summed E-state index contributed by atoms with van der Waals surface area (Å²) in [5.74, 6) is 0.460. The summed E-state index contributed by atoms with van der Waals surface area (Å²) in [6, 6.07) is 19.8. The minimum Gasteiger partial charge on any atom is -0.309 e. The van der Waals surface area contributed by atoms with Crippen molar-refractivity contribution in [3.05, 3.63) is 81.9 Å². The molecule has 0 fully saturated rings. The van der Waals surface area contributed by atoms with Gasteiger partial charge in [-0.3, -0.25) is 10.1 Å². The van der Waals surface area contributed by atoms with Gasteiger partial charge in [0.1, 0.15) is 0 Å². The summed E-state index contributed by atoms with van der Waals surface area (Å²) in [4.78, 5) is 10.6. The largest absolute Gasteiger partial charge is 0.309 e. The van der Waals surface area contributed by atoms with Crippen LogP contribution in [-0.2, 0) is 0 Å². The minimum absolute atomic E-state index is 0.104. The van der Waals surface area contributed by atoms with E-state index < -0.39 is 0 Å². The maximum absolute atomic E-state index is 11.0. The molecule has 0 aliphatic carbocycles. The predicted molar refractivity (Wildman–Crippen MR) is 106 cm³/mol. The molecule has 4 nitrogen and oxygen atoms in total. The van der Waals surface area contributed by atoms with E-state index in [1.54, 1.807) is 12.1 Å². The van der Waals surface area contributed by atoms with E-state index in [1.165, 1.54) is 21.9 Å². The van der Waals surface area contributed by atoms with Crippen molar-refractivity contribution in [3.8, 4) is 5.69 Å². The number of hydrogen-bond acceptors (Lipinski definition) is 2. The zero-order chi connectivity index (χ0) is 18.4. The molecule has 0 atom stereocenters. The van der Waals surface area contributed by atoms with Gasteiger partial charge in [-0.15, -0.1) is 0 Å². The zero-order valence-corrected chi connectivity index (χ0v) is 15.1. The second kappa shape index (κ2) is 5.99. The first kappa shape index (κ1) is 16.3. The summed E-state index contributed by atoms with van der Waals surface area (Å²) >= 11 is 0. The van der Waals surface area contributed by atoms with Gasteiger partial charge in [0.15, 0.2) is 0 Å². The van der Waals surface area contributed by atoms with Crippen molar-refractivity contribution in [3.63, 3.8) is 0 Å². The molecule has 0 radical (unpaired) electrons. The summed E-state index contributed by atoms with van der Waals surface area (Å²) in [5.41, 5.74) is 5.78. The van der Waals surface area contributed by atoms with Crippen LogP contribution in [0.2, 0.25) is 0 Å². The molecule has 0 unspecified atom stereocenters. The van der Waals surface area contributed by atoms with Gasteiger partial charge in [0.25, 0.3) is 5.69 Å². The van der Waals surface area contributed by atoms with Crippen molar-refractivity contribution in [1.82, 2.24) is 4.57 Å². The molecule has 0 N–H and O–H groups in total. The van der Waals surface area contributed by atoms with E-state index in [-0.39, 0.29) is 10.6 Å². The van der Waals surface area contributed by atoms with Crippen LogP contribution in [0.25, 0.3) is 27.5 Å². The maximum Gasteiger partial charge on any atom is 0.269 e. The van der Waals surface area contributed by atoms with Gasteiger partial charge >= 0.3 is 0 Å². The first-order valence-corrected chi connectivity index (χ1v) is 8.75. The normalized spacial score (nSPS) is 11.5. The van der Waals surface area contributed by atoms with Crippen molar-refractivity contribution in [2.75, 3.05) is 0 Å². The number of aromatic nitrogens is 1. The van der Waals surface area contributed by atoms with Gasteiger partial charge in [-0.1, -0.05) is 31.5 Å². The van der Waals surface area contributed by atoms with Gasteiger partial charge < -0.3 is 4.57 Å². The highest BCUT2D eigenvalue weighted by Gasteiger charge is 2.14. The Hall–Kier alpha value is -3.14. The third-order valence-corrected chi connectivity index (χ3v) is 4.93. The van der Waals surface area contributed by atoms with Crippen molar-refractivity contribution in [2.45, 2.75) is 26.7 Å². The monoisotopic (exact) mass is 344 g/mol. The molecular weight excluding hydrogens is 324 g/mol. The fourth-order valence-electron chi connectivity index (χ4n) is 3.52. The molecule has 0 amide bonds. The molecule has 1 heterocycles. The van der Waals surface area contributed by atoms with Crippen LogP contribution in [0, 0.1) is 17.0 Å². The molecule has 0 saturated heterocycles. The summed E-state index contributed by atoms with van der Waals surface area (Å²) < 4.78 is 2.18. The Balaban J connectivity index is 2.05. The fraction of sp³-hybridized carbons (Fsp3) is 0.182. The number of rotatable bonds is 3. The van der Waals surface area contributed by atoms with Crippen LogP contribution < -0.4 is 0 Å². The smallest absolute Gasteiger partial charge is 0.269 e. The van der Waals surface area contributed by atoms with Gasteiger partial charge in [-0.2, -0.15) is 0 Å². The van der Waals surface area contributed by atoms with Crippen LogP contribution in [0.1, 0.15) is 30.9 Å². The SMILES string of the molecule is Cc1ccc2c(c1)c1cc(C(C)C)ccc1n2-c1ccc([N+](=O)[O-])cc1. The molecule has 26 heavy (non-hydrogen) atoms. The minimum atomic E-state index is -0.367. The molecule has 0 aliphatic rings. The fourth-order valence-corrected chi connectivity index (χ4v) is 3.52. The summed E-state index contributed by atoms with van der Waals surface area (Å²) in [7, 11) is 0. The molecule has 4 heteroatoms. The second-order valence-corrected chi connectivity index (χ2v) is 7.06. The highest BCUT2D eigenvalue weighted by molar-refractivity contribution is 6.09. The Morgan fingerprint density at radius 3 is 2.12 bits per heavy atom. The van der Waals surface area contributed by atoms with Crippen LogP contribution >= 0.6 is 0 Å². The van der Waals surface area contributed by atoms with E-state index in [0.717, 1.165) is 16.7 Å². The number of non-ortho nitro benzene ring substituents is 1. The molecule has 3 aromatic carbocycles. The zero-order valence-electron chi connectivity index (χ0n) is 15.1. The number of aryl methyl sites for hydroxylation is 1. The Bertz CT molecular complexity index is 1140. The number of nitro groups is 1. The van der Waals surface area contributed by atoms with E-state index >= 15 is 0 Å². The molecule has 0 saturated carbocycles. The maximum atomic E-state index is 11.0. The Morgan fingerprint density at radius 1 is 0.885 bits per heavy atom. The van der Waals surface area contributed by atoms with E-state index in [9.17, 15) is 10.1 Å². The van der Waals surface area contributed by atoms with Crippen molar-refractivity contribution in [1.29, 1.82) is 0 Å². The van der Waals surface area contributed by atoms with Crippen molar-refractivity contribution < 1.29 is 4.92 Å². The highest BCUT2D eigenvalue weighted by atomic mass is 16.6. The summed E-state index contributed by atoms with van der Waals surface area (Å²) in [6.45, 7) is 6.49. The number of benzene rings is 3. The van der Waals surface area contributed by atoms with Crippen LogP contribution in [0.3, 0.4) is 0 Å². The summed E-state index contributed by atoms with van der Waals surface area (Å²) in [5, 5.41) is 13.4. The van der Waals surface area contributed by atoms with Gasteiger partial charge in [-0.05, 0) is 54.8 Å². The summed E-state index contributed by atoms with van der Waals surface area (Å²) in [6.07, 6.45) is 0. The van der Waals surface area contributed by atoms with Gasteiger partial charge in [-0.25, -0.2) is 0 Å². The lowest BCUT2D eigenvalue weighted by molar-refractivity contribution is -0.384. The molecule has 0 aliphatic heterocycles. The second-order valence-electron chi connectivity index (χ2n) is 7.06. The molecule has 4 rings (SSSR count). The van der Waals surface area contributed by atoms with Crippen LogP contribution in [0.5, 0.6) is 0 Å². The molecule has 130 valence electrons. The highest BCUT2D eigenvalue weighted by Crippen LogP contribution is 2.34. The number of nitrogens with zero attached hydrogens (tertiary/aromatic N) is 2. The first-order valence-electron chi connectivity index (χ1n) is 8.75. The molecule has 0 spiro atoms. The van der Waals surface area contributed by atoms with E-state index in [4.69, 9.17) is 0 Å². The topological polar surface area (TPSA) is 48.1 Å². The molecular formula is C22H20N2O2. The number of fused-ring (bicyclic) bond motifs is 3. The first-order chi connectivity index (χ1) is 12.5. The standard InChI is InChI=1S/C22H20N2O2/c1-14(2)16-5-11-22-20(13-16)19-12-15(3)4-10-21(19)23(22)17-6-8-18(9-7-17)24(25)26/h4-14H,1-3H3. The Labute approximate surface area is 151 Å². The van der Waals surface area contributed by atoms with Gasteiger partial charge in [0.2, 0.25) is 0 Å². The van der Waals surface area contributed by atoms with E-state index in [0.29, 0.717) is 5.92 Å². The average molecular weight is 344 g/mol. The molecule has 0 bridgehead atoms. The quantitative estimate of drug-likeness (QED) is 0.332.